The number of aromatic nitrogens is 3. The van der Waals surface area contributed by atoms with E-state index >= 15 is 0 Å². The molecular formula is C26H31N5OS3. The Morgan fingerprint density at radius 3 is 2.86 bits per heavy atom. The van der Waals surface area contributed by atoms with E-state index in [0.29, 0.717) is 16.5 Å². The van der Waals surface area contributed by atoms with E-state index in [1.807, 2.05) is 11.3 Å². The van der Waals surface area contributed by atoms with Gasteiger partial charge in [0, 0.05) is 26.7 Å². The Morgan fingerprint density at radius 1 is 1.26 bits per heavy atom. The summed E-state index contributed by atoms with van der Waals surface area (Å²) in [7, 11) is 0. The average Bonchev–Trinajstić information content (AvgIpc) is 3.56. The first-order chi connectivity index (χ1) is 17.0. The van der Waals surface area contributed by atoms with Crippen LogP contribution in [0, 0.1) is 17.2 Å². The first kappa shape index (κ1) is 24.5. The number of hydrogen-bond donors (Lipinski definition) is 1. The zero-order valence-corrected chi connectivity index (χ0v) is 23.0. The first-order valence-corrected chi connectivity index (χ1v) is 15.2. The van der Waals surface area contributed by atoms with E-state index in [-0.39, 0.29) is 17.7 Å². The molecule has 184 valence electrons. The summed E-state index contributed by atoms with van der Waals surface area (Å²) < 4.78 is 2.16. The zero-order chi connectivity index (χ0) is 24.5. The molecule has 3 heterocycles. The minimum Gasteiger partial charge on any atom is -0.316 e. The number of carbonyl (C=O) groups excluding carboxylic acids is 1. The van der Waals surface area contributed by atoms with Gasteiger partial charge in [-0.25, -0.2) is 0 Å². The zero-order valence-electron chi connectivity index (χ0n) is 20.5. The molecule has 0 saturated carbocycles. The number of aryl methyl sites for hydroxylation is 1. The lowest BCUT2D eigenvalue weighted by Crippen LogP contribution is -2.15. The molecule has 0 radical (unpaired) electrons. The number of carbonyl (C=O) groups is 1. The van der Waals surface area contributed by atoms with Crippen LogP contribution in [0.2, 0.25) is 0 Å². The minimum atomic E-state index is -0.107. The van der Waals surface area contributed by atoms with Crippen LogP contribution in [0.3, 0.4) is 0 Å². The van der Waals surface area contributed by atoms with Crippen LogP contribution in [0.5, 0.6) is 0 Å². The topological polar surface area (TPSA) is 83.6 Å². The molecule has 1 amide bonds. The fraction of sp³-hybridized carbons (Fsp3) is 0.538. The number of fused-ring (bicyclic) bond motifs is 2. The molecule has 3 aromatic heterocycles. The summed E-state index contributed by atoms with van der Waals surface area (Å²) in [6.07, 6.45) is 8.99. The SMILES string of the molecule is CCC1CCc2c(sc(NC(=O)CSc3nnc(-c4csc5c4CCCC5)n3C(C)C)c2C#N)C1. The number of nitrogens with one attached hydrogen (secondary N) is 1. The Balaban J connectivity index is 1.31. The molecule has 0 aliphatic heterocycles. The average molecular weight is 526 g/mol. The van der Waals surface area contributed by atoms with E-state index in [4.69, 9.17) is 0 Å². The van der Waals surface area contributed by atoms with Gasteiger partial charge in [0.25, 0.3) is 0 Å². The van der Waals surface area contributed by atoms with Gasteiger partial charge in [-0.05, 0) is 75.8 Å². The summed E-state index contributed by atoms with van der Waals surface area (Å²) in [5.41, 5.74) is 4.44. The number of nitrogens with zero attached hydrogens (tertiary/aromatic N) is 4. The second-order valence-electron chi connectivity index (χ2n) is 9.70. The van der Waals surface area contributed by atoms with Crippen LogP contribution in [0.1, 0.15) is 78.9 Å². The number of anilines is 1. The monoisotopic (exact) mass is 525 g/mol. The van der Waals surface area contributed by atoms with Crippen LogP contribution in [0.25, 0.3) is 11.4 Å². The third kappa shape index (κ3) is 4.81. The van der Waals surface area contributed by atoms with Crippen molar-refractivity contribution in [2.45, 2.75) is 83.3 Å². The fourth-order valence-corrected chi connectivity index (χ4v) is 8.53. The van der Waals surface area contributed by atoms with Crippen LogP contribution < -0.4 is 5.32 Å². The van der Waals surface area contributed by atoms with Gasteiger partial charge in [-0.15, -0.1) is 32.9 Å². The van der Waals surface area contributed by atoms with Gasteiger partial charge in [0.15, 0.2) is 11.0 Å². The Bertz CT molecular complexity index is 1280. The highest BCUT2D eigenvalue weighted by atomic mass is 32.2. The van der Waals surface area contributed by atoms with Crippen molar-refractivity contribution in [1.29, 1.82) is 5.26 Å². The van der Waals surface area contributed by atoms with Crippen molar-refractivity contribution in [1.82, 2.24) is 14.8 Å². The predicted molar refractivity (Wildman–Crippen MR) is 145 cm³/mol. The maximum absolute atomic E-state index is 12.9. The van der Waals surface area contributed by atoms with Gasteiger partial charge >= 0.3 is 0 Å². The van der Waals surface area contributed by atoms with E-state index in [1.165, 1.54) is 45.5 Å². The Hall–Kier alpha value is -2.15. The lowest BCUT2D eigenvalue weighted by atomic mass is 9.86. The highest BCUT2D eigenvalue weighted by Crippen LogP contribution is 2.41. The van der Waals surface area contributed by atoms with Gasteiger partial charge in [-0.3, -0.25) is 9.36 Å². The molecule has 3 aromatic rings. The molecule has 0 bridgehead atoms. The van der Waals surface area contributed by atoms with Crippen molar-refractivity contribution in [3.63, 3.8) is 0 Å². The summed E-state index contributed by atoms with van der Waals surface area (Å²) in [4.78, 5) is 15.7. The molecule has 1 atom stereocenters. The molecule has 0 aromatic carbocycles. The van der Waals surface area contributed by atoms with Gasteiger partial charge in [-0.1, -0.05) is 25.1 Å². The minimum absolute atomic E-state index is 0.107. The maximum Gasteiger partial charge on any atom is 0.235 e. The van der Waals surface area contributed by atoms with Crippen LogP contribution in [-0.2, 0) is 30.5 Å². The fourth-order valence-electron chi connectivity index (χ4n) is 5.21. The third-order valence-corrected chi connectivity index (χ3v) is 10.3. The van der Waals surface area contributed by atoms with Gasteiger partial charge in [0.1, 0.15) is 11.1 Å². The predicted octanol–water partition coefficient (Wildman–Crippen LogP) is 6.65. The van der Waals surface area contributed by atoms with E-state index in [0.717, 1.165) is 55.1 Å². The molecule has 0 fully saturated rings. The van der Waals surface area contributed by atoms with Crippen LogP contribution in [-0.4, -0.2) is 26.4 Å². The molecule has 0 saturated heterocycles. The van der Waals surface area contributed by atoms with Crippen molar-refractivity contribution in [3.05, 3.63) is 31.8 Å². The molecule has 2 aliphatic carbocycles. The molecule has 5 rings (SSSR count). The van der Waals surface area contributed by atoms with Crippen LogP contribution in [0.15, 0.2) is 10.5 Å². The number of hydrogen-bond acceptors (Lipinski definition) is 7. The summed E-state index contributed by atoms with van der Waals surface area (Å²) in [6, 6.07) is 2.53. The normalized spacial score (nSPS) is 17.2. The molecule has 1 N–H and O–H groups in total. The summed E-state index contributed by atoms with van der Waals surface area (Å²) in [5, 5.41) is 25.5. The first-order valence-electron chi connectivity index (χ1n) is 12.5. The Labute approximate surface area is 219 Å². The Kier molecular flexibility index (Phi) is 7.33. The quantitative estimate of drug-likeness (QED) is 0.349. The highest BCUT2D eigenvalue weighted by Gasteiger charge is 2.27. The second-order valence-corrected chi connectivity index (χ2v) is 12.7. The molecule has 6 nitrogen and oxygen atoms in total. The van der Waals surface area contributed by atoms with Crippen molar-refractivity contribution >= 4 is 45.3 Å². The standard InChI is InChI=1S/C26H31N5OS3/c1-4-16-9-10-18-19(12-27)25(35-22(18)11-16)28-23(32)14-34-26-30-29-24(31(26)15(2)3)20-13-33-21-8-6-5-7-17(20)21/h13,15-16H,4-11,14H2,1-3H3,(H,28,32). The number of amides is 1. The molecular weight excluding hydrogens is 495 g/mol. The molecule has 1 unspecified atom stereocenters. The Morgan fingerprint density at radius 2 is 2.09 bits per heavy atom. The van der Waals surface area contributed by atoms with Gasteiger partial charge in [0.05, 0.1) is 11.3 Å². The van der Waals surface area contributed by atoms with Crippen molar-refractivity contribution in [3.8, 4) is 17.5 Å². The molecule has 2 aliphatic rings. The molecule has 0 spiro atoms. The summed E-state index contributed by atoms with van der Waals surface area (Å²) >= 11 is 4.83. The van der Waals surface area contributed by atoms with Crippen molar-refractivity contribution in [2.24, 2.45) is 5.92 Å². The van der Waals surface area contributed by atoms with E-state index in [9.17, 15) is 10.1 Å². The van der Waals surface area contributed by atoms with Crippen molar-refractivity contribution < 1.29 is 4.79 Å². The van der Waals surface area contributed by atoms with E-state index in [2.05, 4.69) is 52.3 Å². The van der Waals surface area contributed by atoms with Crippen LogP contribution >= 0.6 is 34.4 Å². The molecule has 35 heavy (non-hydrogen) atoms. The lowest BCUT2D eigenvalue weighted by Gasteiger charge is -2.20. The smallest absolute Gasteiger partial charge is 0.235 e. The molecule has 9 heteroatoms. The van der Waals surface area contributed by atoms with E-state index < -0.39 is 0 Å². The largest absolute Gasteiger partial charge is 0.316 e. The highest BCUT2D eigenvalue weighted by molar-refractivity contribution is 7.99. The second kappa shape index (κ2) is 10.5. The number of rotatable bonds is 7. The number of thiophene rings is 2. The van der Waals surface area contributed by atoms with Crippen molar-refractivity contribution in [2.75, 3.05) is 11.1 Å². The van der Waals surface area contributed by atoms with Gasteiger partial charge in [-0.2, -0.15) is 5.26 Å². The van der Waals surface area contributed by atoms with Gasteiger partial charge < -0.3 is 5.32 Å². The van der Waals surface area contributed by atoms with Crippen LogP contribution in [0.4, 0.5) is 5.00 Å². The summed E-state index contributed by atoms with van der Waals surface area (Å²) in [6.45, 7) is 6.49. The summed E-state index contributed by atoms with van der Waals surface area (Å²) in [5.74, 6) is 1.71. The van der Waals surface area contributed by atoms with Gasteiger partial charge in [0.2, 0.25) is 5.91 Å². The maximum atomic E-state index is 12.9. The third-order valence-electron chi connectivity index (χ3n) is 7.13. The number of thioether (sulfide) groups is 1. The van der Waals surface area contributed by atoms with E-state index in [1.54, 1.807) is 11.3 Å². The number of nitriles is 1. The lowest BCUT2D eigenvalue weighted by molar-refractivity contribution is -0.113.